The fourth-order valence-electron chi connectivity index (χ4n) is 3.82. The molecule has 1 aromatic heterocycles. The average Bonchev–Trinajstić information content (AvgIpc) is 3.34. The second-order valence-corrected chi connectivity index (χ2v) is 9.50. The first-order chi connectivity index (χ1) is 14.5. The van der Waals surface area contributed by atoms with Crippen LogP contribution in [0.15, 0.2) is 53.4 Å². The van der Waals surface area contributed by atoms with Gasteiger partial charge in [-0.15, -0.1) is 0 Å². The monoisotopic (exact) mass is 443 g/mol. The molecule has 0 aliphatic carbocycles. The number of rotatable bonds is 3. The minimum atomic E-state index is -3.51. The average molecular weight is 444 g/mol. The van der Waals surface area contributed by atoms with E-state index in [4.69, 9.17) is 21.9 Å². The lowest BCUT2D eigenvalue weighted by Crippen LogP contribution is -2.40. The van der Waals surface area contributed by atoms with E-state index in [9.17, 15) is 8.42 Å². The Balaban J connectivity index is 1.32. The van der Waals surface area contributed by atoms with Gasteiger partial charge in [-0.25, -0.2) is 13.4 Å². The van der Waals surface area contributed by atoms with Crippen LogP contribution in [-0.2, 0) is 21.3 Å². The van der Waals surface area contributed by atoms with Gasteiger partial charge in [-0.3, -0.25) is 4.90 Å². The van der Waals surface area contributed by atoms with Gasteiger partial charge in [-0.1, -0.05) is 12.1 Å². The molecule has 3 heterocycles. The van der Waals surface area contributed by atoms with Gasteiger partial charge in [0.25, 0.3) is 0 Å². The number of imidazole rings is 1. The topological polar surface area (TPSA) is 79.7 Å². The van der Waals surface area contributed by atoms with Crippen LogP contribution in [0.2, 0.25) is 0 Å². The lowest BCUT2D eigenvalue weighted by Gasteiger charge is -2.26. The summed E-state index contributed by atoms with van der Waals surface area (Å²) in [5.41, 5.74) is 2.77. The first-order valence-electron chi connectivity index (χ1n) is 9.76. The van der Waals surface area contributed by atoms with Gasteiger partial charge >= 0.3 is 0 Å². The molecule has 0 radical (unpaired) electrons. The van der Waals surface area contributed by atoms with E-state index >= 15 is 0 Å². The molecule has 2 aliphatic heterocycles. The number of hydrogen-bond acceptors (Lipinski definition) is 5. The molecule has 0 amide bonds. The molecule has 0 bridgehead atoms. The van der Waals surface area contributed by atoms with Crippen molar-refractivity contribution in [3.63, 3.8) is 0 Å². The van der Waals surface area contributed by atoms with Crippen LogP contribution in [0.1, 0.15) is 0 Å². The zero-order valence-corrected chi connectivity index (χ0v) is 17.8. The van der Waals surface area contributed by atoms with E-state index in [1.165, 1.54) is 4.31 Å². The molecule has 1 saturated heterocycles. The molecule has 0 spiro atoms. The summed E-state index contributed by atoms with van der Waals surface area (Å²) in [6.45, 7) is 3.16. The highest BCUT2D eigenvalue weighted by atomic mass is 32.2. The Hall–Kier alpha value is -2.53. The van der Waals surface area contributed by atoms with Gasteiger partial charge in [0.1, 0.15) is 0 Å². The van der Waals surface area contributed by atoms with Crippen molar-refractivity contribution in [2.75, 3.05) is 43.1 Å². The van der Waals surface area contributed by atoms with Crippen LogP contribution in [-0.4, -0.2) is 60.2 Å². The fraction of sp³-hybridized carbons (Fsp3) is 0.300. The Kier molecular flexibility index (Phi) is 4.94. The number of thiocarbonyl (C=S) groups is 1. The maximum Gasteiger partial charge on any atom is 0.243 e. The summed E-state index contributed by atoms with van der Waals surface area (Å²) in [6, 6.07) is 14.7. The third kappa shape index (κ3) is 3.35. The predicted molar refractivity (Wildman–Crippen MR) is 119 cm³/mol. The Morgan fingerprint density at radius 1 is 1.00 bits per heavy atom. The highest BCUT2D eigenvalue weighted by Crippen LogP contribution is 2.28. The van der Waals surface area contributed by atoms with Crippen molar-refractivity contribution >= 4 is 50.0 Å². The summed E-state index contributed by atoms with van der Waals surface area (Å²) in [7, 11) is -3.51. The quantitative estimate of drug-likeness (QED) is 0.622. The molecule has 3 aromatic rings. The fourth-order valence-corrected chi connectivity index (χ4v) is 5.52. The third-order valence-electron chi connectivity index (χ3n) is 5.38. The molecule has 0 unspecified atom stereocenters. The molecular weight excluding hydrogens is 422 g/mol. The first kappa shape index (κ1) is 19.4. The Bertz CT molecular complexity index is 1200. The van der Waals surface area contributed by atoms with Gasteiger partial charge < -0.3 is 14.6 Å². The molecule has 156 valence electrons. The Morgan fingerprint density at radius 3 is 2.50 bits per heavy atom. The van der Waals surface area contributed by atoms with Crippen LogP contribution in [0.5, 0.6) is 0 Å². The van der Waals surface area contributed by atoms with Gasteiger partial charge in [0.2, 0.25) is 16.0 Å². The minimum absolute atomic E-state index is 0.267. The molecule has 1 fully saturated rings. The van der Waals surface area contributed by atoms with Gasteiger partial charge in [-0.05, 0) is 48.6 Å². The predicted octanol–water partition coefficient (Wildman–Crippen LogP) is 2.27. The van der Waals surface area contributed by atoms with E-state index in [-0.39, 0.29) is 4.90 Å². The number of sulfonamides is 1. The molecular formula is C20H21N5O3S2. The lowest BCUT2D eigenvalue weighted by atomic mass is 10.3. The lowest BCUT2D eigenvalue weighted by molar-refractivity contribution is 0.0730. The minimum Gasteiger partial charge on any atom is -0.379 e. The normalized spacial score (nSPS) is 17.3. The van der Waals surface area contributed by atoms with E-state index in [1.807, 2.05) is 23.1 Å². The van der Waals surface area contributed by atoms with E-state index in [2.05, 4.69) is 16.0 Å². The number of nitrogens with one attached hydrogen (secondary N) is 1. The third-order valence-corrected chi connectivity index (χ3v) is 7.62. The van der Waals surface area contributed by atoms with Gasteiger partial charge in [0.15, 0.2) is 5.11 Å². The summed E-state index contributed by atoms with van der Waals surface area (Å²) < 4.78 is 34.4. The van der Waals surface area contributed by atoms with Crippen molar-refractivity contribution in [1.29, 1.82) is 0 Å². The second-order valence-electron chi connectivity index (χ2n) is 7.17. The van der Waals surface area contributed by atoms with Crippen LogP contribution in [0.4, 0.5) is 11.6 Å². The molecule has 30 heavy (non-hydrogen) atoms. The maximum atomic E-state index is 12.8. The molecule has 0 atom stereocenters. The summed E-state index contributed by atoms with van der Waals surface area (Å²) in [5.74, 6) is 0.820. The number of hydrogen-bond donors (Lipinski definition) is 1. The van der Waals surface area contributed by atoms with E-state index in [0.717, 1.165) is 35.8 Å². The van der Waals surface area contributed by atoms with Crippen LogP contribution >= 0.6 is 12.2 Å². The summed E-state index contributed by atoms with van der Waals surface area (Å²) in [5, 5.41) is 3.74. The second kappa shape index (κ2) is 7.62. The van der Waals surface area contributed by atoms with E-state index in [0.29, 0.717) is 31.4 Å². The maximum absolute atomic E-state index is 12.8. The number of morpholine rings is 1. The van der Waals surface area contributed by atoms with Crippen molar-refractivity contribution in [3.8, 4) is 0 Å². The van der Waals surface area contributed by atoms with Crippen LogP contribution in [0.25, 0.3) is 11.0 Å². The zero-order valence-electron chi connectivity index (χ0n) is 16.2. The largest absolute Gasteiger partial charge is 0.379 e. The number of ether oxygens (including phenoxy) is 1. The number of nitrogens with zero attached hydrogens (tertiary/aromatic N) is 4. The van der Waals surface area contributed by atoms with Crippen LogP contribution < -0.4 is 10.2 Å². The van der Waals surface area contributed by atoms with Crippen molar-refractivity contribution in [2.24, 2.45) is 0 Å². The highest BCUT2D eigenvalue weighted by molar-refractivity contribution is 7.89. The van der Waals surface area contributed by atoms with Crippen molar-refractivity contribution in [1.82, 2.24) is 13.9 Å². The smallest absolute Gasteiger partial charge is 0.243 e. The molecule has 5 rings (SSSR count). The number of para-hydroxylation sites is 2. The van der Waals surface area contributed by atoms with Crippen molar-refractivity contribution in [2.45, 2.75) is 11.4 Å². The summed E-state index contributed by atoms with van der Waals surface area (Å²) in [6.07, 6.45) is 0. The van der Waals surface area contributed by atoms with E-state index < -0.39 is 10.0 Å². The summed E-state index contributed by atoms with van der Waals surface area (Å²) >= 11 is 5.61. The van der Waals surface area contributed by atoms with Crippen LogP contribution in [0, 0.1) is 0 Å². The number of fused-ring (bicyclic) bond motifs is 3. The van der Waals surface area contributed by atoms with E-state index in [1.54, 1.807) is 24.3 Å². The molecule has 0 saturated carbocycles. The van der Waals surface area contributed by atoms with Gasteiger partial charge in [0, 0.05) is 31.9 Å². The molecule has 10 heteroatoms. The van der Waals surface area contributed by atoms with Crippen molar-refractivity contribution in [3.05, 3.63) is 48.5 Å². The molecule has 1 N–H and O–H groups in total. The standard InChI is InChI=1S/C20H21N5O3S2/c26-30(27,23-11-13-28-14-12-23)16-7-5-15(6-8-16)21-20(29)25-10-9-24-18-4-2-1-3-17(18)22-19(24)25/h1-8H,9-14H2,(H,21,29). The summed E-state index contributed by atoms with van der Waals surface area (Å²) in [4.78, 5) is 6.94. The number of anilines is 2. The Morgan fingerprint density at radius 2 is 1.73 bits per heavy atom. The van der Waals surface area contributed by atoms with Crippen LogP contribution in [0.3, 0.4) is 0 Å². The first-order valence-corrected chi connectivity index (χ1v) is 11.6. The SMILES string of the molecule is O=S(=O)(c1ccc(NC(=S)N2CCn3c2nc2ccccc23)cc1)N1CCOCC1. The van der Waals surface area contributed by atoms with Gasteiger partial charge in [0.05, 0.1) is 29.1 Å². The molecule has 2 aromatic carbocycles. The number of aromatic nitrogens is 2. The highest BCUT2D eigenvalue weighted by Gasteiger charge is 2.28. The number of benzene rings is 2. The Labute approximate surface area is 180 Å². The zero-order chi connectivity index (χ0) is 20.7. The molecule has 8 nitrogen and oxygen atoms in total. The van der Waals surface area contributed by atoms with Gasteiger partial charge in [-0.2, -0.15) is 4.31 Å². The van der Waals surface area contributed by atoms with Crippen molar-refractivity contribution < 1.29 is 13.2 Å². The molecule has 2 aliphatic rings.